The van der Waals surface area contributed by atoms with Crippen LogP contribution < -0.4 is 21.3 Å². The molecule has 1 aromatic heterocycles. The normalized spacial score (nSPS) is 11.8. The van der Waals surface area contributed by atoms with E-state index >= 15 is 0 Å². The van der Waals surface area contributed by atoms with Gasteiger partial charge in [-0.15, -0.1) is 35.9 Å². The largest absolute Gasteiger partial charge is 0.512 e. The van der Waals surface area contributed by atoms with Gasteiger partial charge in [0.2, 0.25) is 6.71 Å². The van der Waals surface area contributed by atoms with Crippen molar-refractivity contribution in [3.63, 3.8) is 0 Å². The van der Waals surface area contributed by atoms with Crippen molar-refractivity contribution in [2.24, 2.45) is 0 Å². The van der Waals surface area contributed by atoms with Crippen LogP contribution >= 0.6 is 0 Å². The Morgan fingerprint density at radius 2 is 1.21 bits per heavy atom. The Kier molecular flexibility index (Phi) is 12.3. The molecule has 0 saturated carbocycles. The zero-order valence-corrected chi connectivity index (χ0v) is 35.0. The van der Waals surface area contributed by atoms with E-state index in [2.05, 4.69) is 165 Å². The number of carbonyl (C=O) groups is 1. The van der Waals surface area contributed by atoms with Crippen LogP contribution in [0.1, 0.15) is 36.1 Å². The van der Waals surface area contributed by atoms with E-state index in [9.17, 15) is 4.79 Å². The summed E-state index contributed by atoms with van der Waals surface area (Å²) in [5, 5.41) is 8.36. The minimum absolute atomic E-state index is 0. The predicted octanol–water partition coefficient (Wildman–Crippen LogP) is 10.5. The van der Waals surface area contributed by atoms with Crippen LogP contribution in [0.2, 0.25) is 0 Å². The van der Waals surface area contributed by atoms with Gasteiger partial charge in [0, 0.05) is 43.8 Å². The number of aliphatic hydroxyl groups is 1. The maximum atomic E-state index is 10.0. The monoisotopic (exact) mass is 908 g/mol. The van der Waals surface area contributed by atoms with Crippen LogP contribution in [0, 0.1) is 33.8 Å². The second-order valence-corrected chi connectivity index (χ2v) is 14.3. The molecule has 6 aromatic carbocycles. The molecule has 0 aliphatic carbocycles. The number of aryl methyl sites for hydroxylation is 4. The van der Waals surface area contributed by atoms with Crippen molar-refractivity contribution >= 4 is 45.9 Å². The summed E-state index contributed by atoms with van der Waals surface area (Å²) in [6.07, 6.45) is 3.05. The molecule has 7 aromatic rings. The Balaban J connectivity index is 0.000000610. The summed E-state index contributed by atoms with van der Waals surface area (Å²) in [7, 11) is 0. The molecule has 6 heteroatoms. The number of fused-ring (bicyclic) bond motifs is 2. The van der Waals surface area contributed by atoms with Gasteiger partial charge >= 0.3 is 0 Å². The molecule has 4 nitrogen and oxygen atoms in total. The Bertz CT molecular complexity index is 2500. The zero-order valence-electron chi connectivity index (χ0n) is 32.6. The van der Waals surface area contributed by atoms with Gasteiger partial charge in [-0.1, -0.05) is 114 Å². The first-order valence-electron chi connectivity index (χ1n) is 18.7. The first-order chi connectivity index (χ1) is 26.6. The first kappa shape index (κ1) is 39.9. The zero-order chi connectivity index (χ0) is 38.6. The summed E-state index contributed by atoms with van der Waals surface area (Å²) in [4.78, 5) is 17.1. The van der Waals surface area contributed by atoms with Crippen LogP contribution in [0.4, 0.5) is 17.1 Å². The Labute approximate surface area is 345 Å². The summed E-state index contributed by atoms with van der Waals surface area (Å²) < 4.78 is 0. The Morgan fingerprint density at radius 3 is 1.80 bits per heavy atom. The predicted molar refractivity (Wildman–Crippen MR) is 231 cm³/mol. The fourth-order valence-electron chi connectivity index (χ4n) is 7.85. The number of para-hydroxylation sites is 2. The topological polar surface area (TPSA) is 53.4 Å². The number of hydrogen-bond donors (Lipinski definition) is 1. The van der Waals surface area contributed by atoms with Crippen molar-refractivity contribution in [1.82, 2.24) is 4.98 Å². The van der Waals surface area contributed by atoms with Gasteiger partial charge in [-0.05, 0) is 110 Å². The summed E-state index contributed by atoms with van der Waals surface area (Å²) in [6, 6.07) is 53.8. The van der Waals surface area contributed by atoms with E-state index in [0.29, 0.717) is 0 Å². The average molecular weight is 908 g/mol. The van der Waals surface area contributed by atoms with Gasteiger partial charge < -0.3 is 15.0 Å². The summed E-state index contributed by atoms with van der Waals surface area (Å²) in [5.74, 6) is -0.0625. The van der Waals surface area contributed by atoms with Crippen molar-refractivity contribution in [3.8, 4) is 33.5 Å². The molecular weight excluding hydrogens is 864 g/mol. The molecule has 279 valence electrons. The van der Waals surface area contributed by atoms with Gasteiger partial charge in [0.15, 0.2) is 5.78 Å². The first-order valence-corrected chi connectivity index (χ1v) is 18.7. The van der Waals surface area contributed by atoms with Crippen molar-refractivity contribution in [2.45, 2.75) is 41.5 Å². The average Bonchev–Trinajstić information content (AvgIpc) is 3.18. The van der Waals surface area contributed by atoms with Crippen LogP contribution in [-0.4, -0.2) is 22.6 Å². The van der Waals surface area contributed by atoms with E-state index in [1.807, 2.05) is 24.4 Å². The molecule has 0 spiro atoms. The summed E-state index contributed by atoms with van der Waals surface area (Å²) in [5.41, 5.74) is 19.6. The van der Waals surface area contributed by atoms with Crippen LogP contribution in [0.25, 0.3) is 33.5 Å². The number of pyridine rings is 1. The third-order valence-electron chi connectivity index (χ3n) is 10.3. The molecule has 1 aliphatic rings. The molecule has 1 radical (unpaired) electrons. The fourth-order valence-corrected chi connectivity index (χ4v) is 7.85. The molecule has 0 atom stereocenters. The van der Waals surface area contributed by atoms with Crippen molar-refractivity contribution in [1.29, 1.82) is 0 Å². The van der Waals surface area contributed by atoms with Crippen molar-refractivity contribution in [3.05, 3.63) is 186 Å². The molecule has 0 saturated heterocycles. The van der Waals surface area contributed by atoms with Gasteiger partial charge in [-0.2, -0.15) is 0 Å². The van der Waals surface area contributed by atoms with Crippen LogP contribution in [-0.2, 0) is 24.9 Å². The Morgan fingerprint density at radius 1 is 0.643 bits per heavy atom. The second-order valence-electron chi connectivity index (χ2n) is 14.3. The number of rotatable bonds is 6. The number of allylic oxidation sites excluding steroid dienone is 2. The number of carbonyl (C=O) groups excluding carboxylic acids is 1. The fraction of sp³-hybridized carbons (Fsp3) is 0.120. The van der Waals surface area contributed by atoms with Crippen LogP contribution in [0.15, 0.2) is 158 Å². The molecule has 0 bridgehead atoms. The minimum atomic E-state index is -0.125. The molecule has 0 fully saturated rings. The molecule has 2 heterocycles. The summed E-state index contributed by atoms with van der Waals surface area (Å²) in [6.45, 7) is 11.9. The number of anilines is 3. The summed E-state index contributed by atoms with van der Waals surface area (Å²) >= 11 is 0. The van der Waals surface area contributed by atoms with Gasteiger partial charge in [0.1, 0.15) is 0 Å². The molecule has 0 unspecified atom stereocenters. The maximum Gasteiger partial charge on any atom is 0.247 e. The van der Waals surface area contributed by atoms with Crippen molar-refractivity contribution in [2.75, 3.05) is 4.90 Å². The number of ketones is 1. The minimum Gasteiger partial charge on any atom is -0.512 e. The smallest absolute Gasteiger partial charge is 0.247 e. The van der Waals surface area contributed by atoms with Crippen molar-refractivity contribution < 1.29 is 30.0 Å². The third kappa shape index (κ3) is 8.23. The number of nitrogens with zero attached hydrogens (tertiary/aromatic N) is 2. The number of aliphatic hydroxyl groups excluding tert-OH is 1. The SMILES string of the molecule is CC(=O)/C=C(/C)O.Cc1cccc(C)c1B1c2ccccc2N(c2c(C)cccc2C)c2ccc(-c3ccc(-c4ccnc(-c5[c-]cccc5)c4)cc3)cc21.[Ir]. The molecular formula is C50H44BIrN2O2-. The van der Waals surface area contributed by atoms with Crippen LogP contribution in [0.3, 0.4) is 0 Å². The number of aromatic nitrogens is 1. The van der Waals surface area contributed by atoms with E-state index < -0.39 is 0 Å². The number of hydrogen-bond acceptors (Lipinski definition) is 4. The quantitative estimate of drug-likeness (QED) is 0.0782. The van der Waals surface area contributed by atoms with Crippen LogP contribution in [0.5, 0.6) is 0 Å². The molecule has 1 N–H and O–H groups in total. The molecule has 56 heavy (non-hydrogen) atoms. The maximum absolute atomic E-state index is 10.0. The third-order valence-corrected chi connectivity index (χ3v) is 10.3. The van der Waals surface area contributed by atoms with E-state index in [1.165, 1.54) is 92.3 Å². The van der Waals surface area contributed by atoms with E-state index in [4.69, 9.17) is 5.11 Å². The van der Waals surface area contributed by atoms with Gasteiger partial charge in [-0.3, -0.25) is 4.79 Å². The molecule has 0 amide bonds. The second kappa shape index (κ2) is 17.3. The van der Waals surface area contributed by atoms with Gasteiger partial charge in [-0.25, -0.2) is 0 Å². The number of benzene rings is 6. The van der Waals surface area contributed by atoms with E-state index in [1.54, 1.807) is 0 Å². The standard InChI is InChI=1S/C45H36BN2.C5H8O2.Ir/c1-30-12-10-13-31(2)44(30)46-39-18-8-9-19-42(39)48(45-32(3)14-11-15-33(45)4)43-25-24-37(28-40(43)46)34-20-22-35(23-21-34)38-26-27-47-41(29-38)36-16-6-5-7-17-36;1-4(6)3-5(2)7;/h5-16,18-29H,1-4H3;3,6H,1-2H3;/q-1;;/b;4-3-;. The van der Waals surface area contributed by atoms with Gasteiger partial charge in [0.05, 0.1) is 11.4 Å². The van der Waals surface area contributed by atoms with E-state index in [0.717, 1.165) is 16.8 Å². The molecule has 1 aliphatic heterocycles. The van der Waals surface area contributed by atoms with Gasteiger partial charge in [0.25, 0.3) is 0 Å². The Hall–Kier alpha value is -5.81. The van der Waals surface area contributed by atoms with E-state index in [-0.39, 0.29) is 38.4 Å². The molecule has 8 rings (SSSR count).